The van der Waals surface area contributed by atoms with E-state index in [2.05, 4.69) is 10.4 Å². The van der Waals surface area contributed by atoms with Crippen LogP contribution in [-0.4, -0.2) is 56.1 Å². The first-order chi connectivity index (χ1) is 16.2. The second kappa shape index (κ2) is 9.90. The molecular weight excluding hydrogens is 463 g/mol. The number of aliphatic hydroxyl groups excluding tert-OH is 1. The van der Waals surface area contributed by atoms with Gasteiger partial charge in [0.2, 0.25) is 11.8 Å². The Labute approximate surface area is 200 Å². The normalized spacial score (nSPS) is 17.3. The average Bonchev–Trinajstić information content (AvgIpc) is 3.15. The Morgan fingerprint density at radius 1 is 1.21 bits per heavy atom. The Bertz CT molecular complexity index is 1250. The molecule has 1 saturated carbocycles. The zero-order valence-corrected chi connectivity index (χ0v) is 19.3. The quantitative estimate of drug-likeness (QED) is 0.476. The smallest absolute Gasteiger partial charge is 0.245 e. The molecule has 2 aromatic carbocycles. The molecule has 0 radical (unpaired) electrons. The van der Waals surface area contributed by atoms with Crippen molar-refractivity contribution in [3.63, 3.8) is 0 Å². The predicted molar refractivity (Wildman–Crippen MR) is 124 cm³/mol. The fourth-order valence-electron chi connectivity index (χ4n) is 4.05. The highest BCUT2D eigenvalue weighted by atomic mass is 35.5. The van der Waals surface area contributed by atoms with Gasteiger partial charge in [-0.1, -0.05) is 41.9 Å². The summed E-state index contributed by atoms with van der Waals surface area (Å²) >= 11 is 5.78. The van der Waals surface area contributed by atoms with Crippen LogP contribution in [0.4, 0.5) is 4.39 Å². The molecule has 1 heterocycles. The number of carbonyl (C=O) groups is 3. The van der Waals surface area contributed by atoms with E-state index < -0.39 is 17.8 Å². The Kier molecular flexibility index (Phi) is 6.95. The predicted octanol–water partition coefficient (Wildman–Crippen LogP) is 2.70. The molecular formula is C24H24ClFN4O4. The molecule has 0 bridgehead atoms. The molecule has 1 aliphatic rings. The van der Waals surface area contributed by atoms with Crippen LogP contribution >= 0.6 is 11.6 Å². The lowest BCUT2D eigenvalue weighted by Crippen LogP contribution is -2.53. The minimum Gasteiger partial charge on any atom is -0.393 e. The van der Waals surface area contributed by atoms with Crippen molar-refractivity contribution in [3.8, 4) is 0 Å². The van der Waals surface area contributed by atoms with Crippen molar-refractivity contribution < 1.29 is 23.9 Å². The van der Waals surface area contributed by atoms with Crippen molar-refractivity contribution in [1.29, 1.82) is 0 Å². The second-order valence-electron chi connectivity index (χ2n) is 8.37. The molecule has 8 nitrogen and oxygen atoms in total. The zero-order chi connectivity index (χ0) is 24.4. The van der Waals surface area contributed by atoms with E-state index in [1.165, 1.54) is 28.6 Å². The van der Waals surface area contributed by atoms with Crippen molar-refractivity contribution in [3.05, 3.63) is 64.6 Å². The number of fused-ring (bicyclic) bond motifs is 1. The fraction of sp³-hybridized carbons (Fsp3) is 0.333. The third-order valence-corrected chi connectivity index (χ3v) is 6.24. The van der Waals surface area contributed by atoms with E-state index in [1.54, 1.807) is 30.3 Å². The van der Waals surface area contributed by atoms with Crippen LogP contribution in [0.25, 0.3) is 10.9 Å². The van der Waals surface area contributed by atoms with Crippen LogP contribution < -0.4 is 5.32 Å². The number of rotatable bonds is 8. The number of para-hydroxylation sites is 1. The number of aromatic nitrogens is 2. The molecule has 1 fully saturated rings. The molecule has 1 aromatic heterocycles. The summed E-state index contributed by atoms with van der Waals surface area (Å²) in [6, 6.07) is 11.3. The summed E-state index contributed by atoms with van der Waals surface area (Å²) in [4.78, 5) is 39.2. The summed E-state index contributed by atoms with van der Waals surface area (Å²) in [6.07, 6.45) is 0.194. The molecule has 178 valence electrons. The van der Waals surface area contributed by atoms with Crippen molar-refractivity contribution >= 4 is 40.1 Å². The maximum Gasteiger partial charge on any atom is 0.245 e. The van der Waals surface area contributed by atoms with E-state index in [9.17, 15) is 23.9 Å². The van der Waals surface area contributed by atoms with Crippen LogP contribution in [0.15, 0.2) is 42.5 Å². The molecule has 2 amide bonds. The highest BCUT2D eigenvalue weighted by molar-refractivity contribution is 6.30. The maximum atomic E-state index is 14.1. The summed E-state index contributed by atoms with van der Waals surface area (Å²) in [5.41, 5.74) is 1.14. The molecule has 34 heavy (non-hydrogen) atoms. The van der Waals surface area contributed by atoms with Crippen LogP contribution in [0.3, 0.4) is 0 Å². The number of amides is 2. The number of ketones is 1. The van der Waals surface area contributed by atoms with Gasteiger partial charge in [-0.2, -0.15) is 5.10 Å². The SMILES string of the molecule is CC(=O)c1nn(CC(=O)N(CC(=O)NCc2cccc(Cl)c2F)C2CC(O)C2)c2ccccc12. The molecule has 1 aliphatic carbocycles. The van der Waals surface area contributed by atoms with Gasteiger partial charge >= 0.3 is 0 Å². The first kappa shape index (κ1) is 23.8. The Morgan fingerprint density at radius 3 is 2.65 bits per heavy atom. The van der Waals surface area contributed by atoms with Crippen LogP contribution in [0, 0.1) is 5.82 Å². The van der Waals surface area contributed by atoms with E-state index in [0.717, 1.165) is 0 Å². The summed E-state index contributed by atoms with van der Waals surface area (Å²) in [7, 11) is 0. The summed E-state index contributed by atoms with van der Waals surface area (Å²) < 4.78 is 15.6. The van der Waals surface area contributed by atoms with Crippen molar-refractivity contribution in [2.45, 2.75) is 45.0 Å². The molecule has 0 unspecified atom stereocenters. The van der Waals surface area contributed by atoms with Crippen molar-refractivity contribution in [2.24, 2.45) is 0 Å². The number of halogens is 2. The van der Waals surface area contributed by atoms with Crippen molar-refractivity contribution in [2.75, 3.05) is 6.54 Å². The lowest BCUT2D eigenvalue weighted by molar-refractivity contribution is -0.143. The number of benzene rings is 2. The van der Waals surface area contributed by atoms with Gasteiger partial charge in [-0.05, 0) is 25.0 Å². The number of hydrogen-bond acceptors (Lipinski definition) is 5. The first-order valence-corrected chi connectivity index (χ1v) is 11.3. The molecule has 0 aliphatic heterocycles. The molecule has 0 spiro atoms. The number of aliphatic hydroxyl groups is 1. The molecule has 2 N–H and O–H groups in total. The van der Waals surface area contributed by atoms with Gasteiger partial charge in [-0.3, -0.25) is 19.1 Å². The standard InChI is InChI=1S/C24H24ClFN4O4/c1-14(31)24-18-6-2-3-8-20(18)30(28-24)13-22(34)29(16-9-17(32)10-16)12-21(33)27-11-15-5-4-7-19(25)23(15)26/h2-8,16-17,32H,9-13H2,1H3,(H,27,33). The van der Waals surface area contributed by atoms with Crippen LogP contribution in [-0.2, 0) is 22.7 Å². The molecule has 0 atom stereocenters. The summed E-state index contributed by atoms with van der Waals surface area (Å²) in [5.74, 6) is -1.66. The monoisotopic (exact) mass is 486 g/mol. The van der Waals surface area contributed by atoms with Gasteiger partial charge in [0.15, 0.2) is 5.78 Å². The van der Waals surface area contributed by atoms with Crippen LogP contribution in [0.1, 0.15) is 35.8 Å². The van der Waals surface area contributed by atoms with Gasteiger partial charge in [0.25, 0.3) is 0 Å². The number of nitrogens with zero attached hydrogens (tertiary/aromatic N) is 3. The van der Waals surface area contributed by atoms with E-state index in [0.29, 0.717) is 23.7 Å². The molecule has 10 heteroatoms. The largest absolute Gasteiger partial charge is 0.393 e. The number of carbonyl (C=O) groups excluding carboxylic acids is 3. The van der Waals surface area contributed by atoms with Gasteiger partial charge in [0.1, 0.15) is 18.1 Å². The third kappa shape index (κ3) is 4.95. The van der Waals surface area contributed by atoms with Gasteiger partial charge in [0.05, 0.1) is 23.2 Å². The number of hydrogen-bond donors (Lipinski definition) is 2. The Hall–Kier alpha value is -3.30. The van der Waals surface area contributed by atoms with Crippen LogP contribution in [0.5, 0.6) is 0 Å². The van der Waals surface area contributed by atoms with E-state index >= 15 is 0 Å². The zero-order valence-electron chi connectivity index (χ0n) is 18.5. The Morgan fingerprint density at radius 2 is 1.94 bits per heavy atom. The number of nitrogens with one attached hydrogen (secondary N) is 1. The highest BCUT2D eigenvalue weighted by Gasteiger charge is 2.36. The first-order valence-electron chi connectivity index (χ1n) is 10.9. The molecule has 0 saturated heterocycles. The van der Waals surface area contributed by atoms with E-state index in [1.807, 2.05) is 0 Å². The second-order valence-corrected chi connectivity index (χ2v) is 8.78. The Balaban J connectivity index is 1.49. The highest BCUT2D eigenvalue weighted by Crippen LogP contribution is 2.26. The summed E-state index contributed by atoms with van der Waals surface area (Å²) in [5, 5.41) is 17.3. The van der Waals surface area contributed by atoms with Gasteiger partial charge < -0.3 is 15.3 Å². The number of Topliss-reactive ketones (excluding diaryl/α,β-unsaturated/α-hetero) is 1. The van der Waals surface area contributed by atoms with Crippen LogP contribution in [0.2, 0.25) is 5.02 Å². The lowest BCUT2D eigenvalue weighted by Gasteiger charge is -2.40. The van der Waals surface area contributed by atoms with Gasteiger partial charge in [-0.15, -0.1) is 0 Å². The topological polar surface area (TPSA) is 105 Å². The maximum absolute atomic E-state index is 14.1. The minimum absolute atomic E-state index is 0.0385. The van der Waals surface area contributed by atoms with E-state index in [-0.39, 0.29) is 53.6 Å². The van der Waals surface area contributed by atoms with Gasteiger partial charge in [0, 0.05) is 30.5 Å². The molecule has 3 aromatic rings. The van der Waals surface area contributed by atoms with Gasteiger partial charge in [-0.25, -0.2) is 4.39 Å². The molecule has 4 rings (SSSR count). The average molecular weight is 487 g/mol. The van der Waals surface area contributed by atoms with E-state index in [4.69, 9.17) is 11.6 Å². The fourth-order valence-corrected chi connectivity index (χ4v) is 4.24. The van der Waals surface area contributed by atoms with Crippen molar-refractivity contribution in [1.82, 2.24) is 20.0 Å². The minimum atomic E-state index is -0.605. The summed E-state index contributed by atoms with van der Waals surface area (Å²) in [6.45, 7) is 0.913. The third-order valence-electron chi connectivity index (χ3n) is 5.95. The lowest BCUT2D eigenvalue weighted by atomic mass is 9.88.